The third-order valence-electron chi connectivity index (χ3n) is 2.74. The maximum absolute atomic E-state index is 11.6. The molecule has 0 saturated carbocycles. The molecule has 1 unspecified atom stereocenters. The topological polar surface area (TPSA) is 59.0 Å². The predicted octanol–water partition coefficient (Wildman–Crippen LogP) is -0.183. The van der Waals surface area contributed by atoms with Gasteiger partial charge in [-0.1, -0.05) is 0 Å². The quantitative estimate of drug-likeness (QED) is 0.724. The highest BCUT2D eigenvalue weighted by molar-refractivity contribution is 5.80. The van der Waals surface area contributed by atoms with Crippen molar-refractivity contribution in [2.24, 2.45) is 13.0 Å². The van der Waals surface area contributed by atoms with Crippen LogP contribution in [0.25, 0.3) is 0 Å². The van der Waals surface area contributed by atoms with Crippen molar-refractivity contribution in [3.05, 3.63) is 18.0 Å². The zero-order valence-electron chi connectivity index (χ0n) is 9.03. The number of nitrogens with one attached hydrogen (secondary N) is 2. The molecule has 1 atom stereocenters. The summed E-state index contributed by atoms with van der Waals surface area (Å²) in [7, 11) is 1.87. The van der Waals surface area contributed by atoms with E-state index in [4.69, 9.17) is 0 Å². The zero-order chi connectivity index (χ0) is 10.8. The van der Waals surface area contributed by atoms with Crippen molar-refractivity contribution in [2.45, 2.75) is 13.0 Å². The van der Waals surface area contributed by atoms with Crippen molar-refractivity contribution in [1.29, 1.82) is 0 Å². The zero-order valence-corrected chi connectivity index (χ0v) is 9.03. The average molecular weight is 208 g/mol. The van der Waals surface area contributed by atoms with E-state index in [9.17, 15) is 4.79 Å². The van der Waals surface area contributed by atoms with Gasteiger partial charge < -0.3 is 10.6 Å². The Morgan fingerprint density at radius 3 is 2.93 bits per heavy atom. The van der Waals surface area contributed by atoms with E-state index in [1.165, 1.54) is 0 Å². The minimum absolute atomic E-state index is 0.0341. The lowest BCUT2D eigenvalue weighted by Gasteiger charge is -2.27. The molecule has 15 heavy (non-hydrogen) atoms. The van der Waals surface area contributed by atoms with Crippen molar-refractivity contribution in [1.82, 2.24) is 20.4 Å². The van der Waals surface area contributed by atoms with Crippen molar-refractivity contribution in [2.75, 3.05) is 13.1 Å². The van der Waals surface area contributed by atoms with Gasteiger partial charge in [0, 0.05) is 31.9 Å². The molecule has 1 saturated heterocycles. The maximum Gasteiger partial charge on any atom is 0.226 e. The Bertz CT molecular complexity index is 356. The van der Waals surface area contributed by atoms with Crippen molar-refractivity contribution in [3.63, 3.8) is 0 Å². The number of carbonyl (C=O) groups excluding carboxylic acids is 1. The second-order valence-corrected chi connectivity index (χ2v) is 4.03. The first kappa shape index (κ1) is 10.2. The van der Waals surface area contributed by atoms with E-state index in [-0.39, 0.29) is 17.9 Å². The lowest BCUT2D eigenvalue weighted by Crippen LogP contribution is -2.51. The van der Waals surface area contributed by atoms with Crippen LogP contribution >= 0.6 is 0 Å². The number of carbonyl (C=O) groups is 1. The summed E-state index contributed by atoms with van der Waals surface area (Å²) >= 11 is 0. The Hall–Kier alpha value is -1.36. The molecule has 1 fully saturated rings. The van der Waals surface area contributed by atoms with Gasteiger partial charge in [0.25, 0.3) is 0 Å². The minimum atomic E-state index is 0.0341. The first-order valence-electron chi connectivity index (χ1n) is 5.16. The van der Waals surface area contributed by atoms with Gasteiger partial charge in [0.2, 0.25) is 5.91 Å². The molecule has 1 aromatic rings. The summed E-state index contributed by atoms with van der Waals surface area (Å²) in [6.07, 6.45) is 3.70. The normalized spacial score (nSPS) is 18.3. The summed E-state index contributed by atoms with van der Waals surface area (Å²) in [6.45, 7) is 3.57. The number of nitrogens with zero attached hydrogens (tertiary/aromatic N) is 2. The molecule has 2 rings (SSSR count). The Balaban J connectivity index is 1.91. The number of rotatable bonds is 3. The summed E-state index contributed by atoms with van der Waals surface area (Å²) in [6, 6.07) is 0.0341. The van der Waals surface area contributed by atoms with Gasteiger partial charge in [0.05, 0.1) is 18.2 Å². The van der Waals surface area contributed by atoms with E-state index in [2.05, 4.69) is 15.7 Å². The SMILES string of the molecule is CC(NC(=O)C1CNC1)c1cnn(C)c1. The fourth-order valence-electron chi connectivity index (χ4n) is 1.55. The van der Waals surface area contributed by atoms with Crippen LogP contribution in [0.15, 0.2) is 12.4 Å². The Kier molecular flexibility index (Phi) is 2.73. The smallest absolute Gasteiger partial charge is 0.226 e. The molecule has 0 spiro atoms. The molecule has 0 radical (unpaired) electrons. The van der Waals surface area contributed by atoms with Crippen molar-refractivity contribution < 1.29 is 4.79 Å². The number of hydrogen-bond donors (Lipinski definition) is 2. The fraction of sp³-hybridized carbons (Fsp3) is 0.600. The predicted molar refractivity (Wildman–Crippen MR) is 56.1 cm³/mol. The highest BCUT2D eigenvalue weighted by Gasteiger charge is 2.26. The van der Waals surface area contributed by atoms with Gasteiger partial charge in [-0.25, -0.2) is 0 Å². The summed E-state index contributed by atoms with van der Waals surface area (Å²) in [5.41, 5.74) is 1.04. The van der Waals surface area contributed by atoms with Crippen LogP contribution in [-0.4, -0.2) is 28.8 Å². The van der Waals surface area contributed by atoms with E-state index >= 15 is 0 Å². The summed E-state index contributed by atoms with van der Waals surface area (Å²) < 4.78 is 1.74. The van der Waals surface area contributed by atoms with Crippen LogP contribution in [0.3, 0.4) is 0 Å². The average Bonchev–Trinajstić information content (AvgIpc) is 2.48. The number of amides is 1. The standard InChI is InChI=1S/C10H16N4O/c1-7(9-5-12-14(2)6-9)13-10(15)8-3-11-4-8/h5-8,11H,3-4H2,1-2H3,(H,13,15). The first-order chi connectivity index (χ1) is 7.16. The van der Waals surface area contributed by atoms with Crippen LogP contribution in [-0.2, 0) is 11.8 Å². The van der Waals surface area contributed by atoms with Gasteiger partial charge in [0.15, 0.2) is 0 Å². The molecule has 1 aliphatic heterocycles. The summed E-state index contributed by atoms with van der Waals surface area (Å²) in [4.78, 5) is 11.6. The third-order valence-corrected chi connectivity index (χ3v) is 2.74. The van der Waals surface area contributed by atoms with E-state index in [1.807, 2.05) is 20.2 Å². The largest absolute Gasteiger partial charge is 0.349 e. The molecule has 1 aromatic heterocycles. The van der Waals surface area contributed by atoms with Gasteiger partial charge in [-0.2, -0.15) is 5.10 Å². The summed E-state index contributed by atoms with van der Waals surface area (Å²) in [5.74, 6) is 0.272. The molecular weight excluding hydrogens is 192 g/mol. The highest BCUT2D eigenvalue weighted by Crippen LogP contribution is 2.12. The van der Waals surface area contributed by atoms with Crippen LogP contribution in [0.1, 0.15) is 18.5 Å². The van der Waals surface area contributed by atoms with Crippen LogP contribution < -0.4 is 10.6 Å². The second-order valence-electron chi connectivity index (χ2n) is 4.03. The van der Waals surface area contributed by atoms with Gasteiger partial charge >= 0.3 is 0 Å². The second kappa shape index (κ2) is 4.02. The molecule has 82 valence electrons. The van der Waals surface area contributed by atoms with Crippen molar-refractivity contribution in [3.8, 4) is 0 Å². The summed E-state index contributed by atoms with van der Waals surface area (Å²) in [5, 5.41) is 10.1. The van der Waals surface area contributed by atoms with Gasteiger partial charge in [-0.15, -0.1) is 0 Å². The van der Waals surface area contributed by atoms with E-state index in [0.717, 1.165) is 18.7 Å². The van der Waals surface area contributed by atoms with Crippen molar-refractivity contribution >= 4 is 5.91 Å². The van der Waals surface area contributed by atoms with E-state index in [0.29, 0.717) is 0 Å². The minimum Gasteiger partial charge on any atom is -0.349 e. The van der Waals surface area contributed by atoms with Gasteiger partial charge in [0.1, 0.15) is 0 Å². The molecular formula is C10H16N4O. The van der Waals surface area contributed by atoms with Crippen LogP contribution in [0, 0.1) is 5.92 Å². The molecule has 0 bridgehead atoms. The Morgan fingerprint density at radius 1 is 1.73 bits per heavy atom. The van der Waals surface area contributed by atoms with Gasteiger partial charge in [-0.3, -0.25) is 9.48 Å². The lowest BCUT2D eigenvalue weighted by atomic mass is 10.0. The highest BCUT2D eigenvalue weighted by atomic mass is 16.2. The van der Waals surface area contributed by atoms with Gasteiger partial charge in [-0.05, 0) is 6.92 Å². The molecule has 0 aliphatic carbocycles. The molecule has 2 heterocycles. The molecule has 0 aromatic carbocycles. The Morgan fingerprint density at radius 2 is 2.47 bits per heavy atom. The van der Waals surface area contributed by atoms with E-state index in [1.54, 1.807) is 10.9 Å². The number of hydrogen-bond acceptors (Lipinski definition) is 3. The van der Waals surface area contributed by atoms with E-state index < -0.39 is 0 Å². The monoisotopic (exact) mass is 208 g/mol. The fourth-order valence-corrected chi connectivity index (χ4v) is 1.55. The first-order valence-corrected chi connectivity index (χ1v) is 5.16. The number of aryl methyl sites for hydroxylation is 1. The maximum atomic E-state index is 11.6. The molecule has 1 aliphatic rings. The third kappa shape index (κ3) is 2.18. The molecule has 1 amide bonds. The molecule has 5 nitrogen and oxygen atoms in total. The van der Waals surface area contributed by atoms with Crippen LogP contribution in [0.2, 0.25) is 0 Å². The lowest BCUT2D eigenvalue weighted by molar-refractivity contribution is -0.127. The number of aromatic nitrogens is 2. The molecule has 2 N–H and O–H groups in total. The van der Waals surface area contributed by atoms with Crippen LogP contribution in [0.5, 0.6) is 0 Å². The molecule has 5 heteroatoms. The Labute approximate surface area is 88.8 Å². The van der Waals surface area contributed by atoms with Crippen LogP contribution in [0.4, 0.5) is 0 Å².